The van der Waals surface area contributed by atoms with E-state index in [0.717, 1.165) is 51.6 Å². The Hall–Kier alpha value is -0.650. The Kier molecular flexibility index (Phi) is 4.82. The molecule has 0 aromatic heterocycles. The molecule has 1 unspecified atom stereocenters. The predicted molar refractivity (Wildman–Crippen MR) is 77.9 cm³/mol. The van der Waals surface area contributed by atoms with Crippen molar-refractivity contribution in [2.75, 3.05) is 26.3 Å². The zero-order valence-electron chi connectivity index (χ0n) is 13.0. The molecule has 1 atom stereocenters. The van der Waals surface area contributed by atoms with Crippen molar-refractivity contribution < 1.29 is 19.0 Å². The summed E-state index contributed by atoms with van der Waals surface area (Å²) in [6, 6.07) is 0. The lowest BCUT2D eigenvalue weighted by Crippen LogP contribution is -2.44. The second kappa shape index (κ2) is 6.63. The number of hydrogen-bond donors (Lipinski definition) is 0. The third kappa shape index (κ3) is 3.58. The van der Waals surface area contributed by atoms with Crippen molar-refractivity contribution in [3.63, 3.8) is 0 Å². The highest BCUT2D eigenvalue weighted by Gasteiger charge is 2.41. The topological polar surface area (TPSA) is 48.0 Å². The molecule has 3 fully saturated rings. The largest absolute Gasteiger partial charge is 0.365 e. The molecule has 0 N–H and O–H groups in total. The molecule has 0 aromatic rings. The van der Waals surface area contributed by atoms with E-state index < -0.39 is 0 Å². The third-order valence-corrected chi connectivity index (χ3v) is 4.92. The summed E-state index contributed by atoms with van der Waals surface area (Å²) < 4.78 is 17.5. The molecule has 0 radical (unpaired) electrons. The van der Waals surface area contributed by atoms with Crippen molar-refractivity contribution >= 4 is 5.91 Å². The Morgan fingerprint density at radius 1 is 1.14 bits per heavy atom. The maximum atomic E-state index is 12.4. The lowest BCUT2D eigenvalue weighted by molar-refractivity contribution is -0.196. The number of carbonyl (C=O) groups is 1. The van der Waals surface area contributed by atoms with E-state index in [9.17, 15) is 4.79 Å². The number of carbonyl (C=O) groups excluding carboxylic acids is 1. The molecule has 1 saturated carbocycles. The molecule has 2 aliphatic heterocycles. The smallest absolute Gasteiger partial charge is 0.251 e. The van der Waals surface area contributed by atoms with Crippen LogP contribution in [-0.4, -0.2) is 55.1 Å². The molecule has 0 aromatic carbocycles. The van der Waals surface area contributed by atoms with Crippen molar-refractivity contribution in [1.29, 1.82) is 0 Å². The molecule has 0 bridgehead atoms. The molecule has 5 heteroatoms. The van der Waals surface area contributed by atoms with Crippen LogP contribution in [0, 0.1) is 0 Å². The molecule has 3 aliphatic rings. The van der Waals surface area contributed by atoms with Crippen LogP contribution >= 0.6 is 0 Å². The summed E-state index contributed by atoms with van der Waals surface area (Å²) >= 11 is 0. The summed E-state index contributed by atoms with van der Waals surface area (Å²) in [4.78, 5) is 14.3. The van der Waals surface area contributed by atoms with E-state index in [0.29, 0.717) is 13.2 Å². The highest BCUT2D eigenvalue weighted by molar-refractivity contribution is 5.80. The molecule has 1 aliphatic carbocycles. The van der Waals surface area contributed by atoms with E-state index in [4.69, 9.17) is 14.2 Å². The first kappa shape index (κ1) is 15.3. The summed E-state index contributed by atoms with van der Waals surface area (Å²) in [5, 5.41) is 0. The van der Waals surface area contributed by atoms with Gasteiger partial charge in [0.25, 0.3) is 5.91 Å². The molecular weight excluding hydrogens is 270 g/mol. The SMILES string of the molecule is CC(OC1CCC2(CC1)OCCO2)C(=O)N1CCCCC1. The standard InChI is InChI=1S/C16H27NO4/c1-13(15(18)17-9-3-2-4-10-17)21-14-5-7-16(8-6-14)19-11-12-20-16/h13-14H,2-12H2,1H3. The van der Waals surface area contributed by atoms with Gasteiger partial charge in [0.2, 0.25) is 0 Å². The summed E-state index contributed by atoms with van der Waals surface area (Å²) in [6.07, 6.45) is 6.90. The molecule has 1 amide bonds. The Morgan fingerprint density at radius 2 is 1.76 bits per heavy atom. The number of hydrogen-bond acceptors (Lipinski definition) is 4. The monoisotopic (exact) mass is 297 g/mol. The highest BCUT2D eigenvalue weighted by Crippen LogP contribution is 2.37. The summed E-state index contributed by atoms with van der Waals surface area (Å²) in [6.45, 7) is 5.08. The number of likely N-dealkylation sites (tertiary alicyclic amines) is 1. The number of rotatable bonds is 3. The van der Waals surface area contributed by atoms with Gasteiger partial charge in [-0.2, -0.15) is 0 Å². The van der Waals surface area contributed by atoms with Crippen LogP contribution in [0.3, 0.4) is 0 Å². The van der Waals surface area contributed by atoms with Crippen molar-refractivity contribution in [3.8, 4) is 0 Å². The first-order valence-corrected chi connectivity index (χ1v) is 8.41. The van der Waals surface area contributed by atoms with Crippen LogP contribution in [0.4, 0.5) is 0 Å². The van der Waals surface area contributed by atoms with Crippen LogP contribution in [0.25, 0.3) is 0 Å². The van der Waals surface area contributed by atoms with Gasteiger partial charge in [0.1, 0.15) is 6.10 Å². The van der Waals surface area contributed by atoms with Crippen LogP contribution in [0.2, 0.25) is 0 Å². The minimum Gasteiger partial charge on any atom is -0.365 e. The van der Waals surface area contributed by atoms with Crippen LogP contribution in [0.15, 0.2) is 0 Å². The van der Waals surface area contributed by atoms with E-state index >= 15 is 0 Å². The van der Waals surface area contributed by atoms with Crippen molar-refractivity contribution in [2.45, 2.75) is 69.9 Å². The zero-order valence-corrected chi connectivity index (χ0v) is 13.0. The van der Waals surface area contributed by atoms with E-state index in [1.54, 1.807) is 0 Å². The van der Waals surface area contributed by atoms with Crippen molar-refractivity contribution in [3.05, 3.63) is 0 Å². The summed E-state index contributed by atoms with van der Waals surface area (Å²) in [7, 11) is 0. The van der Waals surface area contributed by atoms with E-state index in [-0.39, 0.29) is 23.9 Å². The van der Waals surface area contributed by atoms with Gasteiger partial charge in [0.15, 0.2) is 5.79 Å². The number of piperidine rings is 1. The highest BCUT2D eigenvalue weighted by atomic mass is 16.7. The van der Waals surface area contributed by atoms with Gasteiger partial charge >= 0.3 is 0 Å². The Bertz CT molecular complexity index is 351. The first-order chi connectivity index (χ1) is 10.2. The lowest BCUT2D eigenvalue weighted by Gasteiger charge is -2.37. The second-order valence-corrected chi connectivity index (χ2v) is 6.47. The average Bonchev–Trinajstić information content (AvgIpc) is 2.98. The molecular formula is C16H27NO4. The summed E-state index contributed by atoms with van der Waals surface area (Å²) in [5.41, 5.74) is 0. The van der Waals surface area contributed by atoms with Gasteiger partial charge in [0, 0.05) is 25.9 Å². The number of ether oxygens (including phenoxy) is 3. The van der Waals surface area contributed by atoms with Crippen LogP contribution in [0.5, 0.6) is 0 Å². The minimum atomic E-state index is -0.347. The van der Waals surface area contributed by atoms with Crippen LogP contribution in [0.1, 0.15) is 51.9 Å². The fourth-order valence-corrected chi connectivity index (χ4v) is 3.67. The average molecular weight is 297 g/mol. The molecule has 3 rings (SSSR count). The van der Waals surface area contributed by atoms with Gasteiger partial charge in [-0.15, -0.1) is 0 Å². The van der Waals surface area contributed by atoms with Gasteiger partial charge in [-0.05, 0) is 39.0 Å². The summed E-state index contributed by atoms with van der Waals surface area (Å²) in [5.74, 6) is -0.191. The minimum absolute atomic E-state index is 0.156. The molecule has 2 saturated heterocycles. The lowest BCUT2D eigenvalue weighted by atomic mass is 9.91. The Balaban J connectivity index is 1.44. The zero-order chi connectivity index (χ0) is 14.7. The van der Waals surface area contributed by atoms with Gasteiger partial charge < -0.3 is 19.1 Å². The van der Waals surface area contributed by atoms with Gasteiger partial charge in [-0.1, -0.05) is 0 Å². The normalized spacial score (nSPS) is 28.0. The Morgan fingerprint density at radius 3 is 2.38 bits per heavy atom. The maximum Gasteiger partial charge on any atom is 0.251 e. The van der Waals surface area contributed by atoms with E-state index in [1.807, 2.05) is 11.8 Å². The molecule has 1 spiro atoms. The maximum absolute atomic E-state index is 12.4. The quantitative estimate of drug-likeness (QED) is 0.800. The van der Waals surface area contributed by atoms with Crippen LogP contribution in [-0.2, 0) is 19.0 Å². The molecule has 5 nitrogen and oxygen atoms in total. The molecule has 2 heterocycles. The molecule has 21 heavy (non-hydrogen) atoms. The predicted octanol–water partition coefficient (Wildman–Crippen LogP) is 2.09. The fourth-order valence-electron chi connectivity index (χ4n) is 3.67. The van der Waals surface area contributed by atoms with E-state index in [2.05, 4.69) is 0 Å². The fraction of sp³-hybridized carbons (Fsp3) is 0.938. The van der Waals surface area contributed by atoms with E-state index in [1.165, 1.54) is 6.42 Å². The number of amides is 1. The van der Waals surface area contributed by atoms with Crippen molar-refractivity contribution in [1.82, 2.24) is 4.90 Å². The third-order valence-electron chi connectivity index (χ3n) is 4.92. The molecule has 120 valence electrons. The van der Waals surface area contributed by atoms with Gasteiger partial charge in [-0.3, -0.25) is 4.79 Å². The van der Waals surface area contributed by atoms with Gasteiger partial charge in [0.05, 0.1) is 19.3 Å². The van der Waals surface area contributed by atoms with Gasteiger partial charge in [-0.25, -0.2) is 0 Å². The first-order valence-electron chi connectivity index (χ1n) is 8.41. The van der Waals surface area contributed by atoms with Crippen molar-refractivity contribution in [2.24, 2.45) is 0 Å². The van der Waals surface area contributed by atoms with Crippen LogP contribution < -0.4 is 0 Å². The second-order valence-electron chi connectivity index (χ2n) is 6.47. The Labute approximate surface area is 126 Å². The number of nitrogens with zero attached hydrogens (tertiary/aromatic N) is 1.